The second-order valence-corrected chi connectivity index (χ2v) is 7.10. The molecule has 3 nitrogen and oxygen atoms in total. The van der Waals surface area contributed by atoms with Crippen LogP contribution in [-0.4, -0.2) is 12.5 Å². The molecule has 1 amide bonds. The van der Waals surface area contributed by atoms with E-state index < -0.39 is 0 Å². The van der Waals surface area contributed by atoms with Gasteiger partial charge in [-0.1, -0.05) is 54.6 Å². The zero-order chi connectivity index (χ0) is 18.9. The molecule has 0 atom stereocenters. The van der Waals surface area contributed by atoms with Crippen LogP contribution in [0, 0.1) is 11.3 Å². The Bertz CT molecular complexity index is 931. The van der Waals surface area contributed by atoms with Crippen molar-refractivity contribution >= 4 is 17.7 Å². The molecule has 0 aliphatic heterocycles. The molecule has 3 aromatic carbocycles. The number of nitrogens with one attached hydrogen (secondary N) is 1. The molecule has 3 rings (SSSR count). The van der Waals surface area contributed by atoms with Crippen molar-refractivity contribution in [3.63, 3.8) is 0 Å². The van der Waals surface area contributed by atoms with E-state index in [1.165, 1.54) is 5.56 Å². The van der Waals surface area contributed by atoms with Gasteiger partial charge in [0.25, 0.3) is 5.91 Å². The second kappa shape index (κ2) is 9.61. The van der Waals surface area contributed by atoms with E-state index in [9.17, 15) is 4.79 Å². The number of nitrogens with zero attached hydrogens (tertiary/aromatic N) is 1. The average molecular weight is 372 g/mol. The molecule has 1 N–H and O–H groups in total. The van der Waals surface area contributed by atoms with Crippen LogP contribution < -0.4 is 5.32 Å². The van der Waals surface area contributed by atoms with Crippen LogP contribution >= 0.6 is 11.8 Å². The van der Waals surface area contributed by atoms with Crippen molar-refractivity contribution < 1.29 is 4.79 Å². The van der Waals surface area contributed by atoms with Gasteiger partial charge in [-0.3, -0.25) is 4.79 Å². The van der Waals surface area contributed by atoms with E-state index in [4.69, 9.17) is 5.26 Å². The smallest absolute Gasteiger partial charge is 0.252 e. The highest BCUT2D eigenvalue weighted by molar-refractivity contribution is 7.98. The van der Waals surface area contributed by atoms with Crippen molar-refractivity contribution in [3.8, 4) is 6.07 Å². The van der Waals surface area contributed by atoms with Crippen LogP contribution in [0.2, 0.25) is 0 Å². The zero-order valence-electron chi connectivity index (χ0n) is 14.9. The molecule has 134 valence electrons. The van der Waals surface area contributed by atoms with Crippen molar-refractivity contribution in [1.82, 2.24) is 5.32 Å². The Kier molecular flexibility index (Phi) is 6.67. The normalized spacial score (nSPS) is 10.2. The minimum atomic E-state index is -0.0474. The summed E-state index contributed by atoms with van der Waals surface area (Å²) >= 11 is 1.63. The summed E-state index contributed by atoms with van der Waals surface area (Å²) in [5.41, 5.74) is 3.69. The highest BCUT2D eigenvalue weighted by Gasteiger charge is 2.11. The first-order valence-electron chi connectivity index (χ1n) is 8.79. The van der Waals surface area contributed by atoms with Crippen LogP contribution in [0.15, 0.2) is 83.8 Å². The summed E-state index contributed by atoms with van der Waals surface area (Å²) in [6.45, 7) is 0.609. The van der Waals surface area contributed by atoms with Gasteiger partial charge in [0.1, 0.15) is 0 Å². The van der Waals surface area contributed by atoms with Crippen molar-refractivity contribution in [1.29, 1.82) is 5.26 Å². The van der Waals surface area contributed by atoms with E-state index in [2.05, 4.69) is 23.5 Å². The third-order valence-electron chi connectivity index (χ3n) is 4.15. The Morgan fingerprint density at radius 2 is 1.59 bits per heavy atom. The molecule has 0 radical (unpaired) electrons. The molecule has 0 aliphatic rings. The van der Waals surface area contributed by atoms with Crippen molar-refractivity contribution in [2.24, 2.45) is 0 Å². The number of hydrogen-bond donors (Lipinski definition) is 1. The molecular formula is C23H20N2OS. The van der Waals surface area contributed by atoms with Crippen LogP contribution in [0.25, 0.3) is 0 Å². The Labute approximate surface area is 164 Å². The lowest BCUT2D eigenvalue weighted by Gasteiger charge is -2.10. The fourth-order valence-corrected chi connectivity index (χ4v) is 3.68. The third-order valence-corrected chi connectivity index (χ3v) is 5.30. The van der Waals surface area contributed by atoms with Gasteiger partial charge in [0.2, 0.25) is 0 Å². The zero-order valence-corrected chi connectivity index (χ0v) is 15.7. The molecule has 0 saturated carbocycles. The van der Waals surface area contributed by atoms with Crippen molar-refractivity contribution in [2.45, 2.75) is 17.1 Å². The highest BCUT2D eigenvalue weighted by atomic mass is 32.2. The van der Waals surface area contributed by atoms with Crippen molar-refractivity contribution in [2.75, 3.05) is 6.54 Å². The molecule has 0 fully saturated rings. The summed E-state index contributed by atoms with van der Waals surface area (Å²) < 4.78 is 0. The first-order valence-corrected chi connectivity index (χ1v) is 9.78. The van der Waals surface area contributed by atoms with Gasteiger partial charge >= 0.3 is 0 Å². The maximum Gasteiger partial charge on any atom is 0.252 e. The molecule has 0 spiro atoms. The number of carbonyl (C=O) groups is 1. The summed E-state index contributed by atoms with van der Waals surface area (Å²) in [6.07, 6.45) is 0.813. The van der Waals surface area contributed by atoms with Gasteiger partial charge in [-0.25, -0.2) is 0 Å². The topological polar surface area (TPSA) is 52.9 Å². The summed E-state index contributed by atoms with van der Waals surface area (Å²) in [4.78, 5) is 13.5. The minimum Gasteiger partial charge on any atom is -0.352 e. The number of hydrogen-bond acceptors (Lipinski definition) is 3. The number of thioether (sulfide) groups is 1. The standard InChI is InChI=1S/C23H20N2OS/c24-16-19-10-12-20(13-11-19)17-27-22-9-5-4-8-21(22)23(26)25-15-14-18-6-2-1-3-7-18/h1-13H,14-15,17H2,(H,25,26). The van der Waals surface area contributed by atoms with E-state index in [-0.39, 0.29) is 5.91 Å². The summed E-state index contributed by atoms with van der Waals surface area (Å²) in [6, 6.07) is 27.5. The van der Waals surface area contributed by atoms with E-state index in [0.717, 1.165) is 22.6 Å². The lowest BCUT2D eigenvalue weighted by molar-refractivity contribution is 0.0951. The number of amides is 1. The molecular weight excluding hydrogens is 352 g/mol. The molecule has 0 unspecified atom stereocenters. The van der Waals surface area contributed by atoms with E-state index in [1.807, 2.05) is 66.7 Å². The largest absolute Gasteiger partial charge is 0.352 e. The fourth-order valence-electron chi connectivity index (χ4n) is 2.68. The first kappa shape index (κ1) is 18.8. The summed E-state index contributed by atoms with van der Waals surface area (Å²) in [5.74, 6) is 0.703. The quantitative estimate of drug-likeness (QED) is 0.605. The number of benzene rings is 3. The average Bonchev–Trinajstić information content (AvgIpc) is 2.73. The number of nitriles is 1. The predicted octanol–water partition coefficient (Wildman–Crippen LogP) is 4.82. The van der Waals surface area contributed by atoms with Gasteiger partial charge in [0, 0.05) is 17.2 Å². The van der Waals surface area contributed by atoms with Gasteiger partial charge < -0.3 is 5.32 Å². The van der Waals surface area contributed by atoms with Gasteiger partial charge in [-0.2, -0.15) is 5.26 Å². The van der Waals surface area contributed by atoms with Gasteiger partial charge in [-0.05, 0) is 41.8 Å². The van der Waals surface area contributed by atoms with Gasteiger partial charge in [-0.15, -0.1) is 11.8 Å². The van der Waals surface area contributed by atoms with Gasteiger partial charge in [0.15, 0.2) is 0 Å². The SMILES string of the molecule is N#Cc1ccc(CSc2ccccc2C(=O)NCCc2ccccc2)cc1. The Balaban J connectivity index is 1.59. The van der Waals surface area contributed by atoms with Crippen LogP contribution in [-0.2, 0) is 12.2 Å². The molecule has 0 bridgehead atoms. The maximum atomic E-state index is 12.6. The molecule has 0 saturated heterocycles. The first-order chi connectivity index (χ1) is 13.3. The summed E-state index contributed by atoms with van der Waals surface area (Å²) in [7, 11) is 0. The van der Waals surface area contributed by atoms with Crippen LogP contribution in [0.3, 0.4) is 0 Å². The van der Waals surface area contributed by atoms with Crippen LogP contribution in [0.5, 0.6) is 0 Å². The van der Waals surface area contributed by atoms with Crippen LogP contribution in [0.1, 0.15) is 27.0 Å². The molecule has 27 heavy (non-hydrogen) atoms. The second-order valence-electron chi connectivity index (χ2n) is 6.09. The molecule has 3 aromatic rings. The van der Waals surface area contributed by atoms with E-state index in [1.54, 1.807) is 11.8 Å². The summed E-state index contributed by atoms with van der Waals surface area (Å²) in [5, 5.41) is 11.9. The van der Waals surface area contributed by atoms with Crippen molar-refractivity contribution in [3.05, 3.63) is 101 Å². The lowest BCUT2D eigenvalue weighted by Crippen LogP contribution is -2.26. The maximum absolute atomic E-state index is 12.6. The molecule has 4 heteroatoms. The fraction of sp³-hybridized carbons (Fsp3) is 0.130. The molecule has 0 aromatic heterocycles. The van der Waals surface area contributed by atoms with E-state index >= 15 is 0 Å². The monoisotopic (exact) mass is 372 g/mol. The highest BCUT2D eigenvalue weighted by Crippen LogP contribution is 2.26. The Morgan fingerprint density at radius 3 is 2.33 bits per heavy atom. The van der Waals surface area contributed by atoms with E-state index in [0.29, 0.717) is 17.7 Å². The third kappa shape index (κ3) is 5.47. The number of rotatable bonds is 7. The van der Waals surface area contributed by atoms with Gasteiger partial charge in [0.05, 0.1) is 17.2 Å². The lowest BCUT2D eigenvalue weighted by atomic mass is 10.1. The minimum absolute atomic E-state index is 0.0474. The van der Waals surface area contributed by atoms with Crippen LogP contribution in [0.4, 0.5) is 0 Å². The Hall–Kier alpha value is -3.03. The Morgan fingerprint density at radius 1 is 0.889 bits per heavy atom. The molecule has 0 aliphatic carbocycles. The molecule has 0 heterocycles. The predicted molar refractivity (Wildman–Crippen MR) is 110 cm³/mol. The number of carbonyl (C=O) groups excluding carboxylic acids is 1.